The fourth-order valence-corrected chi connectivity index (χ4v) is 1.72. The van der Waals surface area contributed by atoms with Gasteiger partial charge in [0.1, 0.15) is 5.75 Å². The van der Waals surface area contributed by atoms with Crippen LogP contribution in [0.25, 0.3) is 0 Å². The van der Waals surface area contributed by atoms with Gasteiger partial charge < -0.3 is 26.8 Å². The normalized spacial score (nSPS) is 8.95. The third kappa shape index (κ3) is 7.41. The van der Waals surface area contributed by atoms with Crippen LogP contribution in [0.4, 0.5) is 11.4 Å². The monoisotopic (exact) mass is 334 g/mol. The van der Waals surface area contributed by atoms with E-state index in [-0.39, 0.29) is 5.11 Å². The van der Waals surface area contributed by atoms with Gasteiger partial charge in [-0.2, -0.15) is 0 Å². The highest BCUT2D eigenvalue weighted by Gasteiger charge is 1.98. The number of hydrogen-bond donors (Lipinski definition) is 4. The molecular formula is C15H18N4OS2. The number of methoxy groups -OCH3 is 1. The zero-order valence-electron chi connectivity index (χ0n) is 12.1. The fraction of sp³-hybridized carbons (Fsp3) is 0.0667. The van der Waals surface area contributed by atoms with E-state index in [4.69, 9.17) is 17.0 Å². The van der Waals surface area contributed by atoms with Gasteiger partial charge in [-0.15, -0.1) is 0 Å². The van der Waals surface area contributed by atoms with Crippen molar-refractivity contribution in [1.29, 1.82) is 0 Å². The quantitative estimate of drug-likeness (QED) is 0.642. The van der Waals surface area contributed by atoms with E-state index < -0.39 is 0 Å². The van der Waals surface area contributed by atoms with Crippen molar-refractivity contribution in [3.8, 4) is 5.75 Å². The van der Waals surface area contributed by atoms with Gasteiger partial charge in [0, 0.05) is 11.4 Å². The van der Waals surface area contributed by atoms with Crippen LogP contribution in [0.15, 0.2) is 54.6 Å². The van der Waals surface area contributed by atoms with Crippen molar-refractivity contribution < 1.29 is 4.74 Å². The van der Waals surface area contributed by atoms with Crippen LogP contribution >= 0.6 is 24.4 Å². The largest absolute Gasteiger partial charge is 0.497 e. The molecule has 5 nitrogen and oxygen atoms in total. The summed E-state index contributed by atoms with van der Waals surface area (Å²) in [7, 11) is 1.64. The molecule has 0 bridgehead atoms. The van der Waals surface area contributed by atoms with Gasteiger partial charge in [0.2, 0.25) is 0 Å². The Hall–Kier alpha value is -2.38. The number of nitrogens with one attached hydrogen (secondary N) is 2. The molecule has 0 amide bonds. The smallest absolute Gasteiger partial charge is 0.175 e. The summed E-state index contributed by atoms with van der Waals surface area (Å²) in [6.07, 6.45) is 0. The molecule has 0 heterocycles. The minimum absolute atomic E-state index is 0.000000000000000222. The molecule has 0 aliphatic heterocycles. The summed E-state index contributed by atoms with van der Waals surface area (Å²) in [5, 5.41) is 6.78. The lowest BCUT2D eigenvalue weighted by Crippen LogP contribution is -2.18. The molecule has 0 atom stereocenters. The molecule has 2 aromatic carbocycles. The zero-order chi connectivity index (χ0) is 16.4. The summed E-state index contributed by atoms with van der Waals surface area (Å²) < 4.78 is 5.09. The van der Waals surface area contributed by atoms with Crippen LogP contribution in [0.1, 0.15) is 0 Å². The molecule has 0 radical (unpaired) electrons. The van der Waals surface area contributed by atoms with Gasteiger partial charge in [0.15, 0.2) is 10.2 Å². The van der Waals surface area contributed by atoms with Crippen LogP contribution < -0.4 is 26.8 Å². The van der Waals surface area contributed by atoms with Crippen molar-refractivity contribution in [1.82, 2.24) is 0 Å². The Balaban J connectivity index is 0.000000541. The number of hydrogen-bond acceptors (Lipinski definition) is 3. The van der Waals surface area contributed by atoms with Gasteiger partial charge >= 0.3 is 0 Å². The van der Waals surface area contributed by atoms with Gasteiger partial charge in [-0.25, -0.2) is 0 Å². The first-order valence-corrected chi connectivity index (χ1v) is 7.15. The van der Waals surface area contributed by atoms with Gasteiger partial charge in [0.25, 0.3) is 0 Å². The molecular weight excluding hydrogens is 316 g/mol. The highest BCUT2D eigenvalue weighted by molar-refractivity contribution is 7.80. The van der Waals surface area contributed by atoms with Gasteiger partial charge in [-0.3, -0.25) is 0 Å². The van der Waals surface area contributed by atoms with Crippen LogP contribution in [0.3, 0.4) is 0 Å². The number of nitrogens with two attached hydrogens (primary N) is 2. The number of ether oxygens (including phenoxy) is 1. The maximum Gasteiger partial charge on any atom is 0.175 e. The summed E-state index contributed by atoms with van der Waals surface area (Å²) in [4.78, 5) is 0. The van der Waals surface area contributed by atoms with Crippen LogP contribution in [-0.2, 0) is 0 Å². The summed E-state index contributed by atoms with van der Waals surface area (Å²) in [5.74, 6) is 0.822. The molecule has 0 spiro atoms. The predicted octanol–water partition coefficient (Wildman–Crippen LogP) is 2.69. The number of para-hydroxylation sites is 1. The fourth-order valence-electron chi connectivity index (χ4n) is 1.49. The zero-order valence-corrected chi connectivity index (χ0v) is 13.7. The highest BCUT2D eigenvalue weighted by Crippen LogP contribution is 2.15. The first-order valence-electron chi connectivity index (χ1n) is 6.33. The second-order valence-corrected chi connectivity index (χ2v) is 4.96. The Bertz CT molecular complexity index is 599. The Labute approximate surface area is 140 Å². The second kappa shape index (κ2) is 9.54. The van der Waals surface area contributed by atoms with Crippen molar-refractivity contribution in [3.63, 3.8) is 0 Å². The Kier molecular flexibility index (Phi) is 7.66. The molecule has 0 aromatic heterocycles. The Morgan fingerprint density at radius 3 is 1.77 bits per heavy atom. The summed E-state index contributed by atoms with van der Waals surface area (Å²) >= 11 is 9.32. The third-order valence-electron chi connectivity index (χ3n) is 2.38. The van der Waals surface area contributed by atoms with Gasteiger partial charge in [0.05, 0.1) is 7.11 Å². The molecule has 22 heavy (non-hydrogen) atoms. The first-order chi connectivity index (χ1) is 10.5. The molecule has 6 N–H and O–H groups in total. The standard InChI is InChI=1S/C14H14N2OS.CH4N2S/c1-17-13-9-7-12(8-10-13)16-14(18)15-11-5-3-2-4-6-11;2-1(3)4/h2-10H,1H3,(H2,15,16,18);(H4,2,3,4). The molecule has 0 unspecified atom stereocenters. The van der Waals surface area contributed by atoms with Gasteiger partial charge in [-0.1, -0.05) is 18.2 Å². The molecule has 0 aliphatic carbocycles. The number of rotatable bonds is 3. The van der Waals surface area contributed by atoms with E-state index in [0.717, 1.165) is 17.1 Å². The van der Waals surface area contributed by atoms with Crippen molar-refractivity contribution in [2.24, 2.45) is 11.5 Å². The average Bonchev–Trinajstić information content (AvgIpc) is 2.48. The van der Waals surface area contributed by atoms with Crippen LogP contribution in [0.5, 0.6) is 5.75 Å². The van der Waals surface area contributed by atoms with Crippen molar-refractivity contribution >= 4 is 46.0 Å². The number of anilines is 2. The molecule has 0 fully saturated rings. The molecule has 0 saturated carbocycles. The van der Waals surface area contributed by atoms with E-state index in [9.17, 15) is 0 Å². The molecule has 0 aliphatic rings. The van der Waals surface area contributed by atoms with Crippen LogP contribution in [0, 0.1) is 0 Å². The van der Waals surface area contributed by atoms with E-state index in [2.05, 4.69) is 34.3 Å². The van der Waals surface area contributed by atoms with Crippen molar-refractivity contribution in [2.45, 2.75) is 0 Å². The van der Waals surface area contributed by atoms with Crippen molar-refractivity contribution in [3.05, 3.63) is 54.6 Å². The maximum absolute atomic E-state index is 5.23. The van der Waals surface area contributed by atoms with E-state index in [1.165, 1.54) is 0 Å². The third-order valence-corrected chi connectivity index (χ3v) is 2.58. The molecule has 2 rings (SSSR count). The molecule has 7 heteroatoms. The van der Waals surface area contributed by atoms with E-state index in [1.54, 1.807) is 7.11 Å². The Morgan fingerprint density at radius 2 is 1.32 bits per heavy atom. The topological polar surface area (TPSA) is 85.3 Å². The molecule has 0 saturated heterocycles. The summed E-state index contributed by atoms with van der Waals surface area (Å²) in [5.41, 5.74) is 11.1. The molecule has 116 valence electrons. The van der Waals surface area contributed by atoms with Crippen LogP contribution in [-0.4, -0.2) is 17.3 Å². The predicted molar refractivity (Wildman–Crippen MR) is 100 cm³/mol. The summed E-state index contributed by atoms with van der Waals surface area (Å²) in [6.45, 7) is 0. The lowest BCUT2D eigenvalue weighted by Gasteiger charge is -2.10. The van der Waals surface area contributed by atoms with E-state index >= 15 is 0 Å². The van der Waals surface area contributed by atoms with Crippen LogP contribution in [0.2, 0.25) is 0 Å². The van der Waals surface area contributed by atoms with Crippen molar-refractivity contribution in [2.75, 3.05) is 17.7 Å². The lowest BCUT2D eigenvalue weighted by atomic mass is 10.3. The van der Waals surface area contributed by atoms with E-state index in [1.807, 2.05) is 54.6 Å². The number of benzene rings is 2. The maximum atomic E-state index is 5.23. The minimum atomic E-state index is 0.000000000000000222. The first kappa shape index (κ1) is 17.7. The average molecular weight is 334 g/mol. The highest BCUT2D eigenvalue weighted by atomic mass is 32.1. The Morgan fingerprint density at radius 1 is 0.864 bits per heavy atom. The second-order valence-electron chi connectivity index (χ2n) is 4.08. The van der Waals surface area contributed by atoms with E-state index in [0.29, 0.717) is 5.11 Å². The lowest BCUT2D eigenvalue weighted by molar-refractivity contribution is 0.415. The SMILES string of the molecule is COc1ccc(NC(=S)Nc2ccccc2)cc1.NC(N)=S. The molecule has 2 aromatic rings. The summed E-state index contributed by atoms with van der Waals surface area (Å²) in [6, 6.07) is 17.4. The minimum Gasteiger partial charge on any atom is -0.497 e. The number of thiocarbonyl (C=S) groups is 2. The van der Waals surface area contributed by atoms with Gasteiger partial charge in [-0.05, 0) is 60.8 Å².